The van der Waals surface area contributed by atoms with Gasteiger partial charge in [-0.1, -0.05) is 60.7 Å². The molecule has 0 saturated heterocycles. The van der Waals surface area contributed by atoms with Gasteiger partial charge in [0.05, 0.1) is 31.5 Å². The molecule has 0 aliphatic rings. The van der Waals surface area contributed by atoms with Gasteiger partial charge in [-0.25, -0.2) is 4.79 Å². The molecule has 2 rings (SSSR count). The number of nitrogens with one attached hydrogen (secondary N) is 1. The van der Waals surface area contributed by atoms with Crippen molar-refractivity contribution in [1.82, 2.24) is 5.32 Å². The third-order valence-electron chi connectivity index (χ3n) is 4.78. The van der Waals surface area contributed by atoms with Gasteiger partial charge in [0.15, 0.2) is 0 Å². The molecule has 0 heterocycles. The van der Waals surface area contributed by atoms with E-state index in [1.807, 2.05) is 0 Å². The van der Waals surface area contributed by atoms with Crippen LogP contribution in [0.5, 0.6) is 0 Å². The minimum Gasteiger partial charge on any atom is -0.480 e. The monoisotopic (exact) mass is 441 g/mol. The van der Waals surface area contributed by atoms with Gasteiger partial charge in [0.2, 0.25) is 5.91 Å². The Morgan fingerprint density at radius 1 is 0.844 bits per heavy atom. The number of carbonyl (C=O) groups is 4. The van der Waals surface area contributed by atoms with Crippen LogP contribution >= 0.6 is 0 Å². The van der Waals surface area contributed by atoms with E-state index in [0.29, 0.717) is 11.1 Å². The highest BCUT2D eigenvalue weighted by atomic mass is 16.5. The van der Waals surface area contributed by atoms with E-state index in [4.69, 9.17) is 9.47 Å². The van der Waals surface area contributed by atoms with Gasteiger partial charge in [-0.05, 0) is 25.0 Å². The Bertz CT molecular complexity index is 875. The van der Waals surface area contributed by atoms with Crippen molar-refractivity contribution in [3.05, 3.63) is 71.8 Å². The Balaban J connectivity index is 2.38. The molecule has 170 valence electrons. The minimum absolute atomic E-state index is 0.00486. The van der Waals surface area contributed by atoms with Gasteiger partial charge in [0.25, 0.3) is 0 Å². The summed E-state index contributed by atoms with van der Waals surface area (Å²) in [6, 6.07) is 16.1. The molecule has 2 aromatic rings. The Kier molecular flexibility index (Phi) is 9.41. The molecular formula is C24H27NO7. The predicted molar refractivity (Wildman–Crippen MR) is 116 cm³/mol. The van der Waals surface area contributed by atoms with Gasteiger partial charge in [-0.15, -0.1) is 0 Å². The average molecular weight is 441 g/mol. The smallest absolute Gasteiger partial charge is 0.327 e. The molecule has 0 fully saturated rings. The van der Waals surface area contributed by atoms with E-state index in [1.165, 1.54) is 0 Å². The highest BCUT2D eigenvalue weighted by Gasteiger charge is 2.39. The Morgan fingerprint density at radius 3 is 1.78 bits per heavy atom. The van der Waals surface area contributed by atoms with E-state index in [0.717, 1.165) is 0 Å². The summed E-state index contributed by atoms with van der Waals surface area (Å²) in [7, 11) is 0. The van der Waals surface area contributed by atoms with E-state index in [-0.39, 0.29) is 13.2 Å². The molecule has 8 heteroatoms. The van der Waals surface area contributed by atoms with E-state index >= 15 is 0 Å². The van der Waals surface area contributed by atoms with Crippen molar-refractivity contribution in [3.8, 4) is 0 Å². The summed E-state index contributed by atoms with van der Waals surface area (Å²) in [5, 5.41) is 12.3. The molecule has 0 spiro atoms. The molecule has 0 unspecified atom stereocenters. The van der Waals surface area contributed by atoms with Crippen molar-refractivity contribution in [2.45, 2.75) is 32.2 Å². The lowest BCUT2D eigenvalue weighted by molar-refractivity contribution is -0.160. The van der Waals surface area contributed by atoms with Gasteiger partial charge in [-0.3, -0.25) is 14.4 Å². The summed E-state index contributed by atoms with van der Waals surface area (Å²) < 4.78 is 9.83. The zero-order chi connectivity index (χ0) is 23.5. The van der Waals surface area contributed by atoms with E-state index in [1.54, 1.807) is 74.5 Å². The van der Waals surface area contributed by atoms with E-state index in [2.05, 4.69) is 5.32 Å². The zero-order valence-corrected chi connectivity index (χ0v) is 18.0. The number of aliphatic carboxylic acids is 1. The van der Waals surface area contributed by atoms with Crippen LogP contribution in [0.15, 0.2) is 60.7 Å². The second-order valence-electron chi connectivity index (χ2n) is 6.95. The molecule has 0 saturated carbocycles. The standard InChI is InChI=1S/C24H27NO7/c1-3-31-19(26)15-18(24(30)32-4-2)21(23(28)29)25-22(27)20(16-11-7-5-8-12-16)17-13-9-6-10-14-17/h5-14,18,20-21H,3-4,15H2,1-2H3,(H,25,27)(H,28,29)/t18-,21+/m0/s1. The molecule has 2 atom stereocenters. The molecule has 0 bridgehead atoms. The van der Waals surface area contributed by atoms with Crippen molar-refractivity contribution in [3.63, 3.8) is 0 Å². The summed E-state index contributed by atoms with van der Waals surface area (Å²) in [6.07, 6.45) is -0.536. The van der Waals surface area contributed by atoms with Crippen molar-refractivity contribution in [2.24, 2.45) is 5.92 Å². The van der Waals surface area contributed by atoms with Crippen LogP contribution in [0.25, 0.3) is 0 Å². The Labute approximate surface area is 186 Å². The highest BCUT2D eigenvalue weighted by Crippen LogP contribution is 2.26. The van der Waals surface area contributed by atoms with Crippen LogP contribution in [-0.4, -0.2) is 48.2 Å². The van der Waals surface area contributed by atoms with Gasteiger partial charge in [0, 0.05) is 0 Å². The minimum atomic E-state index is -1.68. The second kappa shape index (κ2) is 12.2. The topological polar surface area (TPSA) is 119 Å². The fraction of sp³-hybridized carbons (Fsp3) is 0.333. The fourth-order valence-corrected chi connectivity index (χ4v) is 3.34. The number of hydrogen-bond acceptors (Lipinski definition) is 6. The normalized spacial score (nSPS) is 12.5. The maximum Gasteiger partial charge on any atom is 0.327 e. The zero-order valence-electron chi connectivity index (χ0n) is 18.0. The fourth-order valence-electron chi connectivity index (χ4n) is 3.34. The molecule has 0 aromatic heterocycles. The Morgan fingerprint density at radius 2 is 1.34 bits per heavy atom. The molecular weight excluding hydrogens is 414 g/mol. The molecule has 8 nitrogen and oxygen atoms in total. The molecule has 2 aromatic carbocycles. The lowest BCUT2D eigenvalue weighted by Crippen LogP contribution is -2.51. The maximum absolute atomic E-state index is 13.3. The lowest BCUT2D eigenvalue weighted by atomic mass is 9.89. The van der Waals surface area contributed by atoms with Crippen molar-refractivity contribution in [1.29, 1.82) is 0 Å². The summed E-state index contributed by atoms with van der Waals surface area (Å²) in [5.74, 6) is -5.99. The van der Waals surface area contributed by atoms with Crippen LogP contribution in [0.1, 0.15) is 37.3 Å². The molecule has 0 radical (unpaired) electrons. The SMILES string of the molecule is CCOC(=O)C[C@H](C(=O)OCC)[C@@H](NC(=O)C(c1ccccc1)c1ccccc1)C(=O)O. The van der Waals surface area contributed by atoms with Crippen LogP contribution in [0.3, 0.4) is 0 Å². The van der Waals surface area contributed by atoms with Crippen molar-refractivity contribution >= 4 is 23.8 Å². The van der Waals surface area contributed by atoms with Gasteiger partial charge in [-0.2, -0.15) is 0 Å². The molecule has 1 amide bonds. The largest absolute Gasteiger partial charge is 0.480 e. The second-order valence-corrected chi connectivity index (χ2v) is 6.95. The lowest BCUT2D eigenvalue weighted by Gasteiger charge is -2.25. The van der Waals surface area contributed by atoms with Crippen LogP contribution in [0.2, 0.25) is 0 Å². The number of carboxylic acids is 1. The quantitative estimate of drug-likeness (QED) is 0.514. The summed E-state index contributed by atoms with van der Waals surface area (Å²) in [4.78, 5) is 49.8. The highest BCUT2D eigenvalue weighted by molar-refractivity contribution is 5.94. The number of rotatable bonds is 11. The summed E-state index contributed by atoms with van der Waals surface area (Å²) in [6.45, 7) is 3.23. The molecule has 0 aliphatic carbocycles. The third kappa shape index (κ3) is 6.66. The van der Waals surface area contributed by atoms with Gasteiger partial charge in [0.1, 0.15) is 6.04 Å². The number of hydrogen-bond donors (Lipinski definition) is 2. The van der Waals surface area contributed by atoms with Crippen molar-refractivity contribution in [2.75, 3.05) is 13.2 Å². The summed E-state index contributed by atoms with van der Waals surface area (Å²) >= 11 is 0. The third-order valence-corrected chi connectivity index (χ3v) is 4.78. The van der Waals surface area contributed by atoms with Crippen LogP contribution < -0.4 is 5.32 Å². The predicted octanol–water partition coefficient (Wildman–Crippen LogP) is 2.52. The number of carboxylic acid groups (broad SMARTS) is 1. The first-order chi connectivity index (χ1) is 15.4. The first-order valence-corrected chi connectivity index (χ1v) is 10.3. The number of ether oxygens (including phenoxy) is 2. The first-order valence-electron chi connectivity index (χ1n) is 10.3. The molecule has 32 heavy (non-hydrogen) atoms. The van der Waals surface area contributed by atoms with E-state index < -0.39 is 48.1 Å². The number of esters is 2. The van der Waals surface area contributed by atoms with Crippen LogP contribution in [-0.2, 0) is 28.7 Å². The van der Waals surface area contributed by atoms with Gasteiger partial charge < -0.3 is 19.9 Å². The van der Waals surface area contributed by atoms with Crippen LogP contribution in [0.4, 0.5) is 0 Å². The molecule has 0 aliphatic heterocycles. The first kappa shape index (κ1) is 24.6. The van der Waals surface area contributed by atoms with Crippen molar-refractivity contribution < 1.29 is 33.8 Å². The molecule has 2 N–H and O–H groups in total. The van der Waals surface area contributed by atoms with Crippen LogP contribution in [0, 0.1) is 5.92 Å². The number of carbonyl (C=O) groups excluding carboxylic acids is 3. The average Bonchev–Trinajstić information content (AvgIpc) is 2.78. The Hall–Kier alpha value is -3.68. The number of amides is 1. The number of benzene rings is 2. The van der Waals surface area contributed by atoms with Gasteiger partial charge >= 0.3 is 17.9 Å². The maximum atomic E-state index is 13.3. The summed E-state index contributed by atoms with van der Waals surface area (Å²) in [5.41, 5.74) is 1.30. The van der Waals surface area contributed by atoms with E-state index in [9.17, 15) is 24.3 Å².